The molecule has 0 amide bonds. The van der Waals surface area contributed by atoms with Gasteiger partial charge in [0.1, 0.15) is 0 Å². The number of hydrogen-bond acceptors (Lipinski definition) is 5. The van der Waals surface area contributed by atoms with Crippen molar-refractivity contribution in [2.24, 2.45) is 7.05 Å². The van der Waals surface area contributed by atoms with Crippen molar-refractivity contribution in [3.63, 3.8) is 0 Å². The molecule has 0 radical (unpaired) electrons. The van der Waals surface area contributed by atoms with Crippen molar-refractivity contribution in [2.45, 2.75) is 11.3 Å². The third-order valence-electron chi connectivity index (χ3n) is 2.21. The second-order valence-electron chi connectivity index (χ2n) is 3.46. The summed E-state index contributed by atoms with van der Waals surface area (Å²) in [6, 6.07) is 7.61. The normalized spacial score (nSPS) is 12.6. The van der Waals surface area contributed by atoms with Gasteiger partial charge >= 0.3 is 0 Å². The Balaban J connectivity index is 1.95. The fourth-order valence-electron chi connectivity index (χ4n) is 1.28. The monoisotopic (exact) mass is 314 g/mol. The molecule has 17 heavy (non-hydrogen) atoms. The van der Waals surface area contributed by atoms with Crippen molar-refractivity contribution in [1.82, 2.24) is 20.2 Å². The summed E-state index contributed by atoms with van der Waals surface area (Å²) >= 11 is 4.78. The number of hydrogen-bond donors (Lipinski definition) is 1. The molecule has 1 aromatic heterocycles. The number of rotatable bonds is 4. The van der Waals surface area contributed by atoms with E-state index in [1.165, 1.54) is 11.8 Å². The molecule has 0 bridgehead atoms. The maximum atomic E-state index is 9.99. The Kier molecular flexibility index (Phi) is 4.14. The molecule has 1 atom stereocenters. The third kappa shape index (κ3) is 3.27. The lowest BCUT2D eigenvalue weighted by Crippen LogP contribution is -2.02. The first-order valence-corrected chi connectivity index (χ1v) is 6.73. The molecular formula is C10H11BrN4OS. The zero-order valence-electron chi connectivity index (χ0n) is 9.12. The average Bonchev–Trinajstić information content (AvgIpc) is 2.73. The van der Waals surface area contributed by atoms with Gasteiger partial charge in [-0.05, 0) is 28.1 Å². The van der Waals surface area contributed by atoms with E-state index in [9.17, 15) is 5.11 Å². The molecule has 1 N–H and O–H groups in total. The van der Waals surface area contributed by atoms with Crippen LogP contribution in [-0.4, -0.2) is 31.1 Å². The van der Waals surface area contributed by atoms with E-state index < -0.39 is 6.10 Å². The van der Waals surface area contributed by atoms with Crippen LogP contribution in [0.2, 0.25) is 0 Å². The van der Waals surface area contributed by atoms with Crippen LogP contribution in [0.4, 0.5) is 0 Å². The number of aryl methyl sites for hydroxylation is 1. The Bertz CT molecular complexity index is 487. The highest BCUT2D eigenvalue weighted by Gasteiger charge is 2.10. The first-order chi connectivity index (χ1) is 8.16. The first kappa shape index (κ1) is 12.5. The second kappa shape index (κ2) is 5.61. The number of aliphatic hydroxyl groups is 1. The van der Waals surface area contributed by atoms with Crippen molar-refractivity contribution >= 4 is 27.7 Å². The number of benzene rings is 1. The van der Waals surface area contributed by atoms with Crippen LogP contribution in [0.1, 0.15) is 11.7 Å². The zero-order chi connectivity index (χ0) is 12.3. The van der Waals surface area contributed by atoms with Gasteiger partial charge in [-0.1, -0.05) is 39.8 Å². The van der Waals surface area contributed by atoms with Crippen LogP contribution in [0.3, 0.4) is 0 Å². The smallest absolute Gasteiger partial charge is 0.209 e. The molecule has 2 rings (SSSR count). The van der Waals surface area contributed by atoms with E-state index in [0.717, 1.165) is 10.0 Å². The summed E-state index contributed by atoms with van der Waals surface area (Å²) in [5.74, 6) is 0.524. The number of aromatic nitrogens is 4. The summed E-state index contributed by atoms with van der Waals surface area (Å²) in [5.41, 5.74) is 0.885. The molecule has 1 unspecified atom stereocenters. The molecule has 0 spiro atoms. The molecule has 2 aromatic rings. The van der Waals surface area contributed by atoms with Gasteiger partial charge in [0.2, 0.25) is 5.16 Å². The Morgan fingerprint density at radius 3 is 2.71 bits per heavy atom. The first-order valence-electron chi connectivity index (χ1n) is 4.95. The van der Waals surface area contributed by atoms with Gasteiger partial charge in [-0.2, -0.15) is 0 Å². The van der Waals surface area contributed by atoms with Crippen LogP contribution >= 0.6 is 27.7 Å². The summed E-state index contributed by atoms with van der Waals surface area (Å²) < 4.78 is 2.58. The Morgan fingerprint density at radius 2 is 2.12 bits per heavy atom. The quantitative estimate of drug-likeness (QED) is 0.872. The standard InChI is InChI=1S/C10H11BrN4OS/c1-15-10(12-13-14-15)17-6-9(16)7-2-4-8(11)5-3-7/h2-5,9,16H,6H2,1H3. The SMILES string of the molecule is Cn1nnnc1SCC(O)c1ccc(Br)cc1. The zero-order valence-corrected chi connectivity index (χ0v) is 11.5. The van der Waals surface area contributed by atoms with Crippen molar-refractivity contribution < 1.29 is 5.11 Å². The molecule has 5 nitrogen and oxygen atoms in total. The lowest BCUT2D eigenvalue weighted by atomic mass is 10.1. The summed E-state index contributed by atoms with van der Waals surface area (Å²) in [4.78, 5) is 0. The lowest BCUT2D eigenvalue weighted by molar-refractivity contribution is 0.204. The maximum Gasteiger partial charge on any atom is 0.209 e. The van der Waals surface area contributed by atoms with Crippen LogP contribution in [0, 0.1) is 0 Å². The van der Waals surface area contributed by atoms with Gasteiger partial charge in [0.15, 0.2) is 0 Å². The molecule has 0 saturated carbocycles. The molecule has 0 saturated heterocycles. The van der Waals surface area contributed by atoms with E-state index in [1.807, 2.05) is 24.3 Å². The predicted molar refractivity (Wildman–Crippen MR) is 68.6 cm³/mol. The van der Waals surface area contributed by atoms with Crippen molar-refractivity contribution in [1.29, 1.82) is 0 Å². The molecule has 0 aliphatic carbocycles. The second-order valence-corrected chi connectivity index (χ2v) is 5.37. The fraction of sp³-hybridized carbons (Fsp3) is 0.300. The fourth-order valence-corrected chi connectivity index (χ4v) is 2.36. The molecule has 1 heterocycles. The minimum Gasteiger partial charge on any atom is -0.388 e. The van der Waals surface area contributed by atoms with Gasteiger partial charge in [0, 0.05) is 17.3 Å². The van der Waals surface area contributed by atoms with E-state index in [1.54, 1.807) is 11.7 Å². The molecule has 0 aliphatic heterocycles. The van der Waals surface area contributed by atoms with Gasteiger partial charge in [0.05, 0.1) is 6.10 Å². The molecular weight excluding hydrogens is 304 g/mol. The maximum absolute atomic E-state index is 9.99. The lowest BCUT2D eigenvalue weighted by Gasteiger charge is -2.09. The predicted octanol–water partition coefficient (Wildman–Crippen LogP) is 1.80. The van der Waals surface area contributed by atoms with Crippen LogP contribution in [0.15, 0.2) is 33.9 Å². The average molecular weight is 315 g/mol. The molecule has 7 heteroatoms. The minimum atomic E-state index is -0.523. The van der Waals surface area contributed by atoms with Gasteiger partial charge in [-0.25, -0.2) is 4.68 Å². The number of halogens is 1. The molecule has 1 aromatic carbocycles. The molecule has 0 fully saturated rings. The highest BCUT2D eigenvalue weighted by Crippen LogP contribution is 2.23. The largest absolute Gasteiger partial charge is 0.388 e. The third-order valence-corrected chi connectivity index (χ3v) is 3.82. The van der Waals surface area contributed by atoms with E-state index in [4.69, 9.17) is 0 Å². The highest BCUT2D eigenvalue weighted by atomic mass is 79.9. The summed E-state index contributed by atoms with van der Waals surface area (Å²) in [6.45, 7) is 0. The van der Waals surface area contributed by atoms with E-state index in [0.29, 0.717) is 10.9 Å². The van der Waals surface area contributed by atoms with Crippen LogP contribution in [0.5, 0.6) is 0 Å². The van der Waals surface area contributed by atoms with E-state index >= 15 is 0 Å². The van der Waals surface area contributed by atoms with Crippen molar-refractivity contribution in [2.75, 3.05) is 5.75 Å². The number of tetrazole rings is 1. The topological polar surface area (TPSA) is 63.8 Å². The summed E-state index contributed by atoms with van der Waals surface area (Å²) in [7, 11) is 1.77. The van der Waals surface area contributed by atoms with Gasteiger partial charge in [0.25, 0.3) is 0 Å². The number of aliphatic hydroxyl groups excluding tert-OH is 1. The minimum absolute atomic E-state index is 0.523. The van der Waals surface area contributed by atoms with E-state index in [-0.39, 0.29) is 0 Å². The van der Waals surface area contributed by atoms with E-state index in [2.05, 4.69) is 31.5 Å². The van der Waals surface area contributed by atoms with Gasteiger partial charge in [-0.3, -0.25) is 0 Å². The molecule has 90 valence electrons. The van der Waals surface area contributed by atoms with Gasteiger partial charge in [-0.15, -0.1) is 5.10 Å². The van der Waals surface area contributed by atoms with Crippen LogP contribution in [0.25, 0.3) is 0 Å². The van der Waals surface area contributed by atoms with Crippen LogP contribution in [-0.2, 0) is 7.05 Å². The van der Waals surface area contributed by atoms with Crippen LogP contribution < -0.4 is 0 Å². The van der Waals surface area contributed by atoms with Crippen molar-refractivity contribution in [3.8, 4) is 0 Å². The molecule has 0 aliphatic rings. The Hall–Kier alpha value is -0.920. The van der Waals surface area contributed by atoms with Crippen molar-refractivity contribution in [3.05, 3.63) is 34.3 Å². The Morgan fingerprint density at radius 1 is 1.41 bits per heavy atom. The summed E-state index contributed by atoms with van der Waals surface area (Å²) in [6.07, 6.45) is -0.523. The summed E-state index contributed by atoms with van der Waals surface area (Å²) in [5, 5.41) is 21.8. The van der Waals surface area contributed by atoms with Gasteiger partial charge < -0.3 is 5.11 Å². The highest BCUT2D eigenvalue weighted by molar-refractivity contribution is 9.10. The number of nitrogens with zero attached hydrogens (tertiary/aromatic N) is 4. The Labute approximate surface area is 111 Å². The number of thioether (sulfide) groups is 1.